The molecule has 1 aliphatic rings. The fourth-order valence-corrected chi connectivity index (χ4v) is 5.28. The number of sulfonamides is 1. The van der Waals surface area contributed by atoms with Crippen LogP contribution in [0, 0.1) is 12.3 Å². The first-order chi connectivity index (χ1) is 8.86. The van der Waals surface area contributed by atoms with E-state index in [2.05, 4.69) is 11.6 Å². The van der Waals surface area contributed by atoms with E-state index in [1.807, 2.05) is 6.92 Å². The zero-order chi connectivity index (χ0) is 14.1. The van der Waals surface area contributed by atoms with Crippen LogP contribution in [0.2, 0.25) is 0 Å². The lowest BCUT2D eigenvalue weighted by molar-refractivity contribution is 0.336. The second kappa shape index (κ2) is 5.52. The first kappa shape index (κ1) is 15.0. The molecule has 1 aliphatic carbocycles. The van der Waals surface area contributed by atoms with Crippen molar-refractivity contribution in [3.8, 4) is 0 Å². The van der Waals surface area contributed by atoms with Crippen LogP contribution in [-0.2, 0) is 16.6 Å². The van der Waals surface area contributed by atoms with Crippen LogP contribution in [-0.4, -0.2) is 15.0 Å². The van der Waals surface area contributed by atoms with Gasteiger partial charge in [-0.25, -0.2) is 13.1 Å². The Morgan fingerprint density at radius 1 is 1.42 bits per heavy atom. The molecule has 6 heteroatoms. The Kier molecular flexibility index (Phi) is 4.35. The smallest absolute Gasteiger partial charge is 0.250 e. The first-order valence-electron chi connectivity index (χ1n) is 6.65. The van der Waals surface area contributed by atoms with Gasteiger partial charge in [0, 0.05) is 18.0 Å². The van der Waals surface area contributed by atoms with Crippen molar-refractivity contribution in [2.75, 3.05) is 6.54 Å². The summed E-state index contributed by atoms with van der Waals surface area (Å²) in [6.07, 6.45) is 4.61. The van der Waals surface area contributed by atoms with E-state index in [-0.39, 0.29) is 5.41 Å². The van der Waals surface area contributed by atoms with Gasteiger partial charge in [-0.1, -0.05) is 19.8 Å². The molecule has 1 heterocycles. The number of thiophene rings is 1. The van der Waals surface area contributed by atoms with E-state index in [1.54, 1.807) is 6.07 Å². The number of nitrogens with one attached hydrogen (secondary N) is 1. The zero-order valence-electron chi connectivity index (χ0n) is 11.5. The Morgan fingerprint density at radius 2 is 2.05 bits per heavy atom. The summed E-state index contributed by atoms with van der Waals surface area (Å²) in [6.45, 7) is 4.98. The summed E-state index contributed by atoms with van der Waals surface area (Å²) in [5.74, 6) is 0. The highest BCUT2D eigenvalue weighted by Gasteiger charge is 2.30. The van der Waals surface area contributed by atoms with Crippen molar-refractivity contribution in [3.05, 3.63) is 16.5 Å². The second-order valence-corrected chi connectivity index (χ2v) is 8.85. The van der Waals surface area contributed by atoms with Crippen molar-refractivity contribution in [2.45, 2.75) is 50.3 Å². The molecular formula is C13H22N2O2S2. The van der Waals surface area contributed by atoms with E-state index in [1.165, 1.54) is 24.2 Å². The Morgan fingerprint density at radius 3 is 2.58 bits per heavy atom. The summed E-state index contributed by atoms with van der Waals surface area (Å²) in [7, 11) is -3.38. The molecule has 108 valence electrons. The molecule has 0 aromatic carbocycles. The van der Waals surface area contributed by atoms with Gasteiger partial charge in [0.05, 0.1) is 0 Å². The van der Waals surface area contributed by atoms with E-state index >= 15 is 0 Å². The monoisotopic (exact) mass is 302 g/mol. The predicted octanol–water partition coefficient (Wildman–Crippen LogP) is 2.37. The lowest BCUT2D eigenvalue weighted by Crippen LogP contribution is -2.33. The van der Waals surface area contributed by atoms with E-state index in [0.29, 0.717) is 17.3 Å². The highest BCUT2D eigenvalue weighted by atomic mass is 32.2. The molecule has 19 heavy (non-hydrogen) atoms. The maximum absolute atomic E-state index is 12.3. The molecule has 4 nitrogen and oxygen atoms in total. The van der Waals surface area contributed by atoms with Gasteiger partial charge in [0.2, 0.25) is 10.0 Å². The van der Waals surface area contributed by atoms with Gasteiger partial charge in [-0.05, 0) is 36.8 Å². The van der Waals surface area contributed by atoms with Gasteiger partial charge in [-0.3, -0.25) is 0 Å². The van der Waals surface area contributed by atoms with E-state index in [4.69, 9.17) is 5.73 Å². The van der Waals surface area contributed by atoms with Crippen LogP contribution in [0.5, 0.6) is 0 Å². The van der Waals surface area contributed by atoms with Gasteiger partial charge in [0.25, 0.3) is 0 Å². The average Bonchev–Trinajstić information content (AvgIpc) is 2.94. The fourth-order valence-electron chi connectivity index (χ4n) is 2.57. The minimum absolute atomic E-state index is 0.121. The Balaban J connectivity index is 2.09. The number of aryl methyl sites for hydroxylation is 1. The number of hydrogen-bond acceptors (Lipinski definition) is 4. The van der Waals surface area contributed by atoms with Crippen LogP contribution < -0.4 is 10.5 Å². The van der Waals surface area contributed by atoms with Gasteiger partial charge >= 0.3 is 0 Å². The van der Waals surface area contributed by atoms with Crippen LogP contribution in [0.4, 0.5) is 0 Å². The molecule has 0 aliphatic heterocycles. The van der Waals surface area contributed by atoms with Crippen LogP contribution in [0.3, 0.4) is 0 Å². The molecule has 1 aromatic heterocycles. The molecule has 0 saturated heterocycles. The summed E-state index contributed by atoms with van der Waals surface area (Å²) in [4.78, 5) is 0.937. The molecule has 1 aromatic rings. The van der Waals surface area contributed by atoms with Crippen LogP contribution in [0.25, 0.3) is 0 Å². The third-order valence-electron chi connectivity index (χ3n) is 3.95. The summed E-state index contributed by atoms with van der Waals surface area (Å²) in [5, 5.41) is 0. The summed E-state index contributed by atoms with van der Waals surface area (Å²) < 4.78 is 27.7. The largest absolute Gasteiger partial charge is 0.326 e. The van der Waals surface area contributed by atoms with Gasteiger partial charge in [-0.15, -0.1) is 11.3 Å². The van der Waals surface area contributed by atoms with E-state index in [0.717, 1.165) is 23.3 Å². The van der Waals surface area contributed by atoms with Crippen molar-refractivity contribution in [1.29, 1.82) is 0 Å². The molecule has 0 atom stereocenters. The van der Waals surface area contributed by atoms with Crippen LogP contribution >= 0.6 is 11.3 Å². The van der Waals surface area contributed by atoms with Crippen LogP contribution in [0.15, 0.2) is 10.3 Å². The van der Waals surface area contributed by atoms with Gasteiger partial charge in [-0.2, -0.15) is 0 Å². The number of hydrogen-bond donors (Lipinski definition) is 2. The molecule has 0 bridgehead atoms. The van der Waals surface area contributed by atoms with Crippen molar-refractivity contribution < 1.29 is 8.42 Å². The van der Waals surface area contributed by atoms with E-state index < -0.39 is 10.0 Å². The normalized spacial score (nSPS) is 18.9. The topological polar surface area (TPSA) is 72.2 Å². The molecule has 0 unspecified atom stereocenters. The van der Waals surface area contributed by atoms with E-state index in [9.17, 15) is 8.42 Å². The van der Waals surface area contributed by atoms with Gasteiger partial charge in [0.1, 0.15) is 4.21 Å². The molecule has 0 amide bonds. The van der Waals surface area contributed by atoms with Crippen LogP contribution in [0.1, 0.15) is 43.0 Å². The average molecular weight is 302 g/mol. The fraction of sp³-hybridized carbons (Fsp3) is 0.692. The van der Waals surface area contributed by atoms with Crippen molar-refractivity contribution in [1.82, 2.24) is 4.72 Å². The van der Waals surface area contributed by atoms with Gasteiger partial charge in [0.15, 0.2) is 0 Å². The maximum atomic E-state index is 12.3. The molecule has 1 saturated carbocycles. The molecule has 0 radical (unpaired) electrons. The highest BCUT2D eigenvalue weighted by molar-refractivity contribution is 7.91. The second-order valence-electron chi connectivity index (χ2n) is 5.72. The number of rotatable bonds is 5. The Hall–Kier alpha value is -0.430. The lowest BCUT2D eigenvalue weighted by atomic mass is 9.89. The molecular weight excluding hydrogens is 280 g/mol. The quantitative estimate of drug-likeness (QED) is 0.877. The minimum Gasteiger partial charge on any atom is -0.326 e. The Labute approximate surface area is 119 Å². The summed E-state index contributed by atoms with van der Waals surface area (Å²) in [5.41, 5.74) is 6.68. The maximum Gasteiger partial charge on any atom is 0.250 e. The molecule has 0 spiro atoms. The van der Waals surface area contributed by atoms with Crippen molar-refractivity contribution in [3.63, 3.8) is 0 Å². The third kappa shape index (κ3) is 3.37. The van der Waals surface area contributed by atoms with Gasteiger partial charge < -0.3 is 5.73 Å². The predicted molar refractivity (Wildman–Crippen MR) is 78.7 cm³/mol. The SMILES string of the molecule is Cc1cc(S(=O)(=O)NCC2(C)CCCC2)sc1CN. The molecule has 1 fully saturated rings. The summed E-state index contributed by atoms with van der Waals surface area (Å²) >= 11 is 1.27. The third-order valence-corrected chi connectivity index (χ3v) is 7.08. The Bertz CT molecular complexity index is 543. The lowest BCUT2D eigenvalue weighted by Gasteiger charge is -2.23. The highest BCUT2D eigenvalue weighted by Crippen LogP contribution is 2.37. The zero-order valence-corrected chi connectivity index (χ0v) is 13.2. The first-order valence-corrected chi connectivity index (χ1v) is 8.95. The summed E-state index contributed by atoms with van der Waals surface area (Å²) in [6, 6.07) is 1.71. The standard InChI is InChI=1S/C13H22N2O2S2/c1-10-7-12(18-11(10)8-14)19(16,17)15-9-13(2)5-3-4-6-13/h7,15H,3-6,8-9,14H2,1-2H3. The van der Waals surface area contributed by atoms with Crippen molar-refractivity contribution in [2.24, 2.45) is 11.1 Å². The number of nitrogens with two attached hydrogens (primary N) is 1. The minimum atomic E-state index is -3.38. The molecule has 3 N–H and O–H groups in total. The van der Waals surface area contributed by atoms with Crippen molar-refractivity contribution >= 4 is 21.4 Å². The molecule has 2 rings (SSSR count).